The zero-order chi connectivity index (χ0) is 9.42. The van der Waals surface area contributed by atoms with Crippen LogP contribution in [0.25, 0.3) is 0 Å². The number of rotatable bonds is 1. The van der Waals surface area contributed by atoms with Crippen LogP contribution in [0.5, 0.6) is 0 Å². The maximum Gasteiger partial charge on any atom is 0.0709 e. The molecule has 0 radical (unpaired) electrons. The molecule has 2 nitrogen and oxygen atoms in total. The van der Waals surface area contributed by atoms with E-state index in [0.29, 0.717) is 0 Å². The number of nitrogens with zero attached hydrogens (tertiary/aromatic N) is 1. The highest BCUT2D eigenvalue weighted by Crippen LogP contribution is 2.34. The van der Waals surface area contributed by atoms with Crippen molar-refractivity contribution in [3.8, 4) is 0 Å². The molecular weight excluding hydrogens is 162 g/mol. The number of benzene rings is 1. The van der Waals surface area contributed by atoms with Gasteiger partial charge in [0.05, 0.1) is 12.1 Å². The zero-order valence-corrected chi connectivity index (χ0v) is 8.07. The molecule has 2 unspecified atom stereocenters. The Morgan fingerprint density at radius 2 is 2.15 bits per heavy atom. The van der Waals surface area contributed by atoms with E-state index in [4.69, 9.17) is 0 Å². The Morgan fingerprint density at radius 1 is 1.46 bits per heavy atom. The van der Waals surface area contributed by atoms with E-state index in [1.807, 2.05) is 13.0 Å². The van der Waals surface area contributed by atoms with Crippen molar-refractivity contribution in [3.63, 3.8) is 0 Å². The minimum atomic E-state index is -0.298. The van der Waals surface area contributed by atoms with Crippen LogP contribution in [0.2, 0.25) is 0 Å². The lowest BCUT2D eigenvalue weighted by molar-refractivity contribution is 0.0854. The molecule has 2 rings (SSSR count). The minimum absolute atomic E-state index is 0.177. The first-order valence-electron chi connectivity index (χ1n) is 4.66. The topological polar surface area (TPSA) is 23.5 Å². The average Bonchev–Trinajstić information content (AvgIpc) is 2.39. The SMILES string of the molecule is CC(O)C1c2ccccc2CN1C. The predicted octanol–water partition coefficient (Wildman–Crippen LogP) is 1.55. The molecule has 0 aliphatic carbocycles. The summed E-state index contributed by atoms with van der Waals surface area (Å²) >= 11 is 0. The Hall–Kier alpha value is -0.860. The summed E-state index contributed by atoms with van der Waals surface area (Å²) in [6.45, 7) is 2.80. The fourth-order valence-electron chi connectivity index (χ4n) is 2.20. The number of aliphatic hydroxyl groups excluding tert-OH is 1. The Bertz CT molecular complexity index is 309. The van der Waals surface area contributed by atoms with E-state index in [1.165, 1.54) is 11.1 Å². The third-order valence-corrected chi connectivity index (χ3v) is 2.73. The van der Waals surface area contributed by atoms with E-state index in [1.54, 1.807) is 0 Å². The molecule has 1 aliphatic rings. The number of aliphatic hydroxyl groups is 1. The van der Waals surface area contributed by atoms with E-state index in [9.17, 15) is 5.11 Å². The molecule has 1 heterocycles. The van der Waals surface area contributed by atoms with Crippen molar-refractivity contribution in [1.29, 1.82) is 0 Å². The van der Waals surface area contributed by atoms with Crippen molar-refractivity contribution in [1.82, 2.24) is 4.90 Å². The molecule has 0 spiro atoms. The quantitative estimate of drug-likeness (QED) is 0.703. The van der Waals surface area contributed by atoms with Crippen LogP contribution in [0.3, 0.4) is 0 Å². The maximum absolute atomic E-state index is 9.63. The Kier molecular flexibility index (Phi) is 2.10. The van der Waals surface area contributed by atoms with E-state index < -0.39 is 0 Å². The zero-order valence-electron chi connectivity index (χ0n) is 8.07. The summed E-state index contributed by atoms with van der Waals surface area (Å²) in [4.78, 5) is 2.19. The first-order valence-corrected chi connectivity index (χ1v) is 4.66. The molecule has 0 saturated heterocycles. The molecule has 2 heteroatoms. The van der Waals surface area contributed by atoms with Crippen LogP contribution in [0, 0.1) is 0 Å². The van der Waals surface area contributed by atoms with Gasteiger partial charge in [-0.3, -0.25) is 4.90 Å². The van der Waals surface area contributed by atoms with Gasteiger partial charge in [-0.15, -0.1) is 0 Å². The third kappa shape index (κ3) is 1.36. The summed E-state index contributed by atoms with van der Waals surface area (Å²) in [7, 11) is 2.05. The molecule has 2 atom stereocenters. The fraction of sp³-hybridized carbons (Fsp3) is 0.455. The van der Waals surface area contributed by atoms with Crippen molar-refractivity contribution in [2.24, 2.45) is 0 Å². The van der Waals surface area contributed by atoms with E-state index in [2.05, 4.69) is 30.1 Å². The Labute approximate surface area is 78.8 Å². The normalized spacial score (nSPS) is 24.4. The molecule has 1 N–H and O–H groups in total. The summed E-state index contributed by atoms with van der Waals surface area (Å²) in [6.07, 6.45) is -0.298. The second-order valence-corrected chi connectivity index (χ2v) is 3.80. The van der Waals surface area contributed by atoms with Crippen LogP contribution in [0.1, 0.15) is 24.1 Å². The molecule has 70 valence electrons. The van der Waals surface area contributed by atoms with Crippen molar-refractivity contribution < 1.29 is 5.11 Å². The summed E-state index contributed by atoms with van der Waals surface area (Å²) in [6, 6.07) is 8.51. The van der Waals surface area contributed by atoms with Crippen LogP contribution < -0.4 is 0 Å². The van der Waals surface area contributed by atoms with Crippen LogP contribution in [0.4, 0.5) is 0 Å². The predicted molar refractivity (Wildman–Crippen MR) is 52.3 cm³/mol. The summed E-state index contributed by atoms with van der Waals surface area (Å²) in [5, 5.41) is 9.63. The summed E-state index contributed by atoms with van der Waals surface area (Å²) < 4.78 is 0. The molecule has 0 fully saturated rings. The molecule has 13 heavy (non-hydrogen) atoms. The van der Waals surface area contributed by atoms with Gasteiger partial charge < -0.3 is 5.11 Å². The summed E-state index contributed by atoms with van der Waals surface area (Å²) in [5.74, 6) is 0. The van der Waals surface area contributed by atoms with Crippen molar-refractivity contribution in [3.05, 3.63) is 35.4 Å². The van der Waals surface area contributed by atoms with E-state index >= 15 is 0 Å². The Morgan fingerprint density at radius 3 is 2.85 bits per heavy atom. The monoisotopic (exact) mass is 177 g/mol. The number of fused-ring (bicyclic) bond motifs is 1. The van der Waals surface area contributed by atoms with Crippen LogP contribution in [-0.4, -0.2) is 23.2 Å². The lowest BCUT2D eigenvalue weighted by Gasteiger charge is -2.22. The maximum atomic E-state index is 9.63. The molecule has 1 aliphatic heterocycles. The van der Waals surface area contributed by atoms with Gasteiger partial charge in [-0.05, 0) is 25.1 Å². The molecule has 1 aromatic rings. The summed E-state index contributed by atoms with van der Waals surface area (Å²) in [5.41, 5.74) is 2.62. The average molecular weight is 177 g/mol. The smallest absolute Gasteiger partial charge is 0.0709 e. The molecule has 0 bridgehead atoms. The van der Waals surface area contributed by atoms with Gasteiger partial charge in [0.2, 0.25) is 0 Å². The van der Waals surface area contributed by atoms with E-state index in [-0.39, 0.29) is 12.1 Å². The lowest BCUT2D eigenvalue weighted by Crippen LogP contribution is -2.26. The molecule has 0 amide bonds. The van der Waals surface area contributed by atoms with Gasteiger partial charge >= 0.3 is 0 Å². The Balaban J connectivity index is 2.40. The highest BCUT2D eigenvalue weighted by atomic mass is 16.3. The number of hydrogen-bond acceptors (Lipinski definition) is 2. The molecular formula is C11H15NO. The van der Waals surface area contributed by atoms with Gasteiger partial charge in [0.15, 0.2) is 0 Å². The fourth-order valence-corrected chi connectivity index (χ4v) is 2.20. The first kappa shape index (κ1) is 8.73. The van der Waals surface area contributed by atoms with Crippen molar-refractivity contribution >= 4 is 0 Å². The molecule has 0 saturated carbocycles. The second-order valence-electron chi connectivity index (χ2n) is 3.80. The number of likely N-dealkylation sites (N-methyl/N-ethyl adjacent to an activating group) is 1. The van der Waals surface area contributed by atoms with Gasteiger partial charge in [-0.25, -0.2) is 0 Å². The second kappa shape index (κ2) is 3.13. The van der Waals surface area contributed by atoms with Gasteiger partial charge in [-0.2, -0.15) is 0 Å². The first-order chi connectivity index (χ1) is 6.20. The van der Waals surface area contributed by atoms with E-state index in [0.717, 1.165) is 6.54 Å². The highest BCUT2D eigenvalue weighted by Gasteiger charge is 2.29. The third-order valence-electron chi connectivity index (χ3n) is 2.73. The van der Waals surface area contributed by atoms with Crippen molar-refractivity contribution in [2.45, 2.75) is 25.6 Å². The van der Waals surface area contributed by atoms with Gasteiger partial charge in [-0.1, -0.05) is 24.3 Å². The van der Waals surface area contributed by atoms with Crippen molar-refractivity contribution in [2.75, 3.05) is 7.05 Å². The van der Waals surface area contributed by atoms with Crippen LogP contribution in [-0.2, 0) is 6.54 Å². The standard InChI is InChI=1S/C11H15NO/c1-8(13)11-10-6-4-3-5-9(10)7-12(11)2/h3-6,8,11,13H,7H2,1-2H3. The van der Waals surface area contributed by atoms with Crippen LogP contribution in [0.15, 0.2) is 24.3 Å². The number of hydrogen-bond donors (Lipinski definition) is 1. The van der Waals surface area contributed by atoms with Gasteiger partial charge in [0.25, 0.3) is 0 Å². The van der Waals surface area contributed by atoms with Gasteiger partial charge in [0.1, 0.15) is 0 Å². The lowest BCUT2D eigenvalue weighted by atomic mass is 10.0. The largest absolute Gasteiger partial charge is 0.391 e. The van der Waals surface area contributed by atoms with Gasteiger partial charge in [0, 0.05) is 6.54 Å². The minimum Gasteiger partial charge on any atom is -0.391 e. The molecule has 1 aromatic carbocycles. The van der Waals surface area contributed by atoms with Crippen LogP contribution >= 0.6 is 0 Å². The molecule has 0 aromatic heterocycles. The highest BCUT2D eigenvalue weighted by molar-refractivity contribution is 5.34.